The number of carbonyl (C=O) groups excluding carboxylic acids is 1. The van der Waals surface area contributed by atoms with E-state index in [1.807, 2.05) is 72.5 Å². The van der Waals surface area contributed by atoms with Crippen molar-refractivity contribution in [3.63, 3.8) is 0 Å². The van der Waals surface area contributed by atoms with Crippen molar-refractivity contribution < 1.29 is 9.53 Å². The quantitative estimate of drug-likeness (QED) is 0.432. The third-order valence-corrected chi connectivity index (χ3v) is 6.73. The van der Waals surface area contributed by atoms with Crippen LogP contribution in [0.2, 0.25) is 0 Å². The Morgan fingerprint density at radius 2 is 1.59 bits per heavy atom. The third-order valence-electron chi connectivity index (χ3n) is 5.53. The Labute approximate surface area is 194 Å². The molecule has 0 spiro atoms. The van der Waals surface area contributed by atoms with E-state index in [0.29, 0.717) is 13.0 Å². The number of hydrogen-bond donors (Lipinski definition) is 0. The number of ether oxygens (including phenoxy) is 1. The molecule has 4 rings (SSSR count). The van der Waals surface area contributed by atoms with Crippen molar-refractivity contribution in [2.75, 3.05) is 12.4 Å². The van der Waals surface area contributed by atoms with Gasteiger partial charge < -0.3 is 4.74 Å². The summed E-state index contributed by atoms with van der Waals surface area (Å²) in [5.41, 5.74) is 3.05. The molecule has 4 nitrogen and oxygen atoms in total. The highest BCUT2D eigenvalue weighted by molar-refractivity contribution is 8.14. The molecule has 32 heavy (non-hydrogen) atoms. The summed E-state index contributed by atoms with van der Waals surface area (Å²) in [4.78, 5) is 20.3. The van der Waals surface area contributed by atoms with Crippen molar-refractivity contribution in [3.8, 4) is 5.75 Å². The fraction of sp³-hybridized carbons (Fsp3) is 0.259. The van der Waals surface area contributed by atoms with Crippen LogP contribution in [0.25, 0.3) is 0 Å². The lowest BCUT2D eigenvalue weighted by Crippen LogP contribution is -2.38. The number of nitrogens with zero attached hydrogens (tertiary/aromatic N) is 2. The van der Waals surface area contributed by atoms with Gasteiger partial charge in [0.2, 0.25) is 5.91 Å². The molecular formula is C27H28N2O2S. The second kappa shape index (κ2) is 10.5. The van der Waals surface area contributed by atoms with Gasteiger partial charge in [-0.05, 0) is 37.1 Å². The molecule has 1 saturated heterocycles. The standard InChI is InChI=1S/C27H28N2O2S/c1-3-31-25-17-11-10-16-24(25)28-27-29(20(2)19-32-27)26(30)18-23(21-12-6-4-7-13-21)22-14-8-5-9-15-22/h4-17,20,23H,3,18-19H2,1-2H3/t20-/m1/s1. The fourth-order valence-electron chi connectivity index (χ4n) is 3.97. The van der Waals surface area contributed by atoms with Crippen molar-refractivity contribution >= 4 is 28.5 Å². The summed E-state index contributed by atoms with van der Waals surface area (Å²) in [5.74, 6) is 1.66. The van der Waals surface area contributed by atoms with Crippen molar-refractivity contribution in [1.29, 1.82) is 0 Å². The smallest absolute Gasteiger partial charge is 0.229 e. The lowest BCUT2D eigenvalue weighted by molar-refractivity contribution is -0.128. The summed E-state index contributed by atoms with van der Waals surface area (Å²) in [7, 11) is 0. The average molecular weight is 445 g/mol. The molecule has 0 aromatic heterocycles. The third kappa shape index (κ3) is 5.05. The van der Waals surface area contributed by atoms with E-state index in [1.165, 1.54) is 0 Å². The second-order valence-electron chi connectivity index (χ2n) is 7.80. The minimum Gasteiger partial charge on any atom is -0.492 e. The Morgan fingerprint density at radius 3 is 2.22 bits per heavy atom. The molecule has 0 saturated carbocycles. The van der Waals surface area contributed by atoms with Gasteiger partial charge in [0, 0.05) is 24.1 Å². The SMILES string of the molecule is CCOc1ccccc1N=C1SC[C@@H](C)N1C(=O)CC(c1ccccc1)c1ccccc1. The van der Waals surface area contributed by atoms with Gasteiger partial charge >= 0.3 is 0 Å². The summed E-state index contributed by atoms with van der Waals surface area (Å²) >= 11 is 1.63. The summed E-state index contributed by atoms with van der Waals surface area (Å²) in [6.07, 6.45) is 0.394. The number of para-hydroxylation sites is 2. The lowest BCUT2D eigenvalue weighted by Gasteiger charge is -2.25. The van der Waals surface area contributed by atoms with Gasteiger partial charge in [0.1, 0.15) is 11.4 Å². The molecule has 0 unspecified atom stereocenters. The molecule has 3 aromatic carbocycles. The monoisotopic (exact) mass is 444 g/mol. The Bertz CT molecular complexity index is 1030. The summed E-state index contributed by atoms with van der Waals surface area (Å²) in [6, 6.07) is 28.3. The van der Waals surface area contributed by atoms with Crippen LogP contribution in [0.4, 0.5) is 5.69 Å². The van der Waals surface area contributed by atoms with Gasteiger partial charge in [0.15, 0.2) is 5.17 Å². The van der Waals surface area contributed by atoms with E-state index in [1.54, 1.807) is 11.8 Å². The number of thioether (sulfide) groups is 1. The van der Waals surface area contributed by atoms with Crippen LogP contribution in [-0.4, -0.2) is 34.4 Å². The largest absolute Gasteiger partial charge is 0.492 e. The molecule has 0 bridgehead atoms. The Morgan fingerprint density at radius 1 is 1.00 bits per heavy atom. The molecule has 1 heterocycles. The Hall–Kier alpha value is -3.05. The first kappa shape index (κ1) is 22.2. The molecule has 1 aliphatic heterocycles. The van der Waals surface area contributed by atoms with Crippen LogP contribution in [0, 0.1) is 0 Å². The van der Waals surface area contributed by atoms with Crippen LogP contribution in [-0.2, 0) is 4.79 Å². The maximum Gasteiger partial charge on any atom is 0.229 e. The van der Waals surface area contributed by atoms with Crippen molar-refractivity contribution in [2.45, 2.75) is 32.2 Å². The molecule has 0 radical (unpaired) electrons. The number of carbonyl (C=O) groups is 1. The van der Waals surface area contributed by atoms with Crippen LogP contribution >= 0.6 is 11.8 Å². The van der Waals surface area contributed by atoms with Crippen molar-refractivity contribution in [1.82, 2.24) is 4.90 Å². The minimum atomic E-state index is -0.000314. The zero-order valence-electron chi connectivity index (χ0n) is 18.5. The Kier molecular flexibility index (Phi) is 7.28. The van der Waals surface area contributed by atoms with Crippen LogP contribution in [0.5, 0.6) is 5.75 Å². The van der Waals surface area contributed by atoms with Crippen LogP contribution < -0.4 is 4.74 Å². The first-order valence-corrected chi connectivity index (χ1v) is 12.0. The molecule has 1 atom stereocenters. The van der Waals surface area contributed by atoms with Gasteiger partial charge in [0.25, 0.3) is 0 Å². The van der Waals surface area contributed by atoms with Crippen molar-refractivity contribution in [2.24, 2.45) is 4.99 Å². The van der Waals surface area contributed by atoms with E-state index in [-0.39, 0.29) is 17.9 Å². The minimum absolute atomic E-state index is 0.000314. The van der Waals surface area contributed by atoms with Crippen LogP contribution in [0.3, 0.4) is 0 Å². The number of rotatable bonds is 7. The number of hydrogen-bond acceptors (Lipinski definition) is 4. The number of benzene rings is 3. The first-order chi connectivity index (χ1) is 15.7. The molecule has 5 heteroatoms. The van der Waals surface area contributed by atoms with Gasteiger partial charge in [-0.2, -0.15) is 0 Å². The van der Waals surface area contributed by atoms with Gasteiger partial charge in [-0.15, -0.1) is 0 Å². The van der Waals surface area contributed by atoms with Gasteiger partial charge in [-0.3, -0.25) is 9.69 Å². The van der Waals surface area contributed by atoms with Crippen LogP contribution in [0.15, 0.2) is 89.9 Å². The molecule has 1 fully saturated rings. The highest BCUT2D eigenvalue weighted by Crippen LogP contribution is 2.35. The maximum absolute atomic E-state index is 13.6. The van der Waals surface area contributed by atoms with E-state index in [9.17, 15) is 4.79 Å². The highest BCUT2D eigenvalue weighted by atomic mass is 32.2. The van der Waals surface area contributed by atoms with Gasteiger partial charge in [-0.1, -0.05) is 84.6 Å². The predicted octanol–water partition coefficient (Wildman–Crippen LogP) is 6.26. The zero-order chi connectivity index (χ0) is 22.3. The molecule has 1 aliphatic rings. The summed E-state index contributed by atoms with van der Waals surface area (Å²) < 4.78 is 5.73. The van der Waals surface area contributed by atoms with E-state index < -0.39 is 0 Å². The summed E-state index contributed by atoms with van der Waals surface area (Å²) in [5, 5.41) is 0.745. The fourth-order valence-corrected chi connectivity index (χ4v) is 5.09. The van der Waals surface area contributed by atoms with Gasteiger partial charge in [0.05, 0.1) is 6.61 Å². The number of amides is 1. The zero-order valence-corrected chi connectivity index (χ0v) is 19.3. The summed E-state index contributed by atoms with van der Waals surface area (Å²) in [6.45, 7) is 4.62. The topological polar surface area (TPSA) is 41.9 Å². The molecule has 0 N–H and O–H groups in total. The molecule has 164 valence electrons. The normalized spacial score (nSPS) is 17.2. The lowest BCUT2D eigenvalue weighted by atomic mass is 9.88. The number of amidine groups is 1. The van der Waals surface area contributed by atoms with E-state index in [0.717, 1.165) is 33.5 Å². The van der Waals surface area contributed by atoms with Crippen molar-refractivity contribution in [3.05, 3.63) is 96.1 Å². The van der Waals surface area contributed by atoms with E-state index >= 15 is 0 Å². The predicted molar refractivity (Wildman–Crippen MR) is 133 cm³/mol. The molecular weight excluding hydrogens is 416 g/mol. The molecule has 3 aromatic rings. The molecule has 1 amide bonds. The average Bonchev–Trinajstić information content (AvgIpc) is 3.20. The Balaban J connectivity index is 1.63. The second-order valence-corrected chi connectivity index (χ2v) is 8.78. The highest BCUT2D eigenvalue weighted by Gasteiger charge is 2.34. The van der Waals surface area contributed by atoms with E-state index in [4.69, 9.17) is 9.73 Å². The maximum atomic E-state index is 13.6. The first-order valence-electron chi connectivity index (χ1n) is 11.0. The van der Waals surface area contributed by atoms with E-state index in [2.05, 4.69) is 31.2 Å². The van der Waals surface area contributed by atoms with Crippen LogP contribution in [0.1, 0.15) is 37.3 Å². The number of aliphatic imine (C=N–C) groups is 1. The van der Waals surface area contributed by atoms with Gasteiger partial charge in [-0.25, -0.2) is 4.99 Å². The molecule has 0 aliphatic carbocycles.